The van der Waals surface area contributed by atoms with Gasteiger partial charge in [-0.3, -0.25) is 0 Å². The molecule has 134 valence electrons. The molecule has 3 aromatic rings. The van der Waals surface area contributed by atoms with E-state index in [1.807, 2.05) is 12.1 Å². The van der Waals surface area contributed by atoms with Gasteiger partial charge in [-0.05, 0) is 49.4 Å². The summed E-state index contributed by atoms with van der Waals surface area (Å²) in [6.45, 7) is 1.48. The molecule has 4 rings (SSSR count). The van der Waals surface area contributed by atoms with Crippen LogP contribution in [0.5, 0.6) is 5.75 Å². The molecule has 0 spiro atoms. The van der Waals surface area contributed by atoms with E-state index >= 15 is 0 Å². The van der Waals surface area contributed by atoms with Gasteiger partial charge in [-0.1, -0.05) is 18.2 Å². The molecule has 1 aliphatic carbocycles. The Kier molecular flexibility index (Phi) is 5.21. The lowest BCUT2D eigenvalue weighted by Gasteiger charge is -2.14. The van der Waals surface area contributed by atoms with Crippen LogP contribution in [-0.4, -0.2) is 25.9 Å². The molecule has 1 aliphatic rings. The summed E-state index contributed by atoms with van der Waals surface area (Å²) in [7, 11) is 0. The lowest BCUT2D eigenvalue weighted by Crippen LogP contribution is -2.16. The Morgan fingerprint density at radius 1 is 1.12 bits per heavy atom. The van der Waals surface area contributed by atoms with Crippen molar-refractivity contribution in [3.05, 3.63) is 66.4 Å². The predicted octanol–water partition coefficient (Wildman–Crippen LogP) is 3.27. The Balaban J connectivity index is 1.36. The van der Waals surface area contributed by atoms with Gasteiger partial charge in [0, 0.05) is 24.8 Å². The summed E-state index contributed by atoms with van der Waals surface area (Å²) in [5.74, 6) is 1.77. The van der Waals surface area contributed by atoms with E-state index < -0.39 is 0 Å². The molecule has 1 fully saturated rings. The van der Waals surface area contributed by atoms with E-state index in [4.69, 9.17) is 4.74 Å². The first-order valence-corrected chi connectivity index (χ1v) is 9.14. The summed E-state index contributed by atoms with van der Waals surface area (Å²) in [6, 6.07) is 12.4. The second-order valence-electron chi connectivity index (χ2n) is 6.60. The van der Waals surface area contributed by atoms with Gasteiger partial charge in [0.15, 0.2) is 5.82 Å². The molecule has 1 N–H and O–H groups in total. The molecule has 0 amide bonds. The molecule has 26 heavy (non-hydrogen) atoms. The van der Waals surface area contributed by atoms with Crippen LogP contribution >= 0.6 is 0 Å². The van der Waals surface area contributed by atoms with E-state index in [0.29, 0.717) is 12.6 Å². The quantitative estimate of drug-likeness (QED) is 0.709. The standard InChI is InChI=1S/C20H23N5O/c1-2-8-18(7-1)26-19-9-3-5-16(11-19)12-21-13-17-6-4-10-23-20(17)25-15-22-14-24-25/h3-6,9-11,14-15,18,21H,1-2,7-8,12-13H2. The number of pyridine rings is 1. The summed E-state index contributed by atoms with van der Waals surface area (Å²) in [4.78, 5) is 8.42. The Bertz CT molecular complexity index is 828. The summed E-state index contributed by atoms with van der Waals surface area (Å²) in [6.07, 6.45) is 10.3. The van der Waals surface area contributed by atoms with Crippen LogP contribution in [0.3, 0.4) is 0 Å². The van der Waals surface area contributed by atoms with Gasteiger partial charge >= 0.3 is 0 Å². The minimum atomic E-state index is 0.388. The molecular weight excluding hydrogens is 326 g/mol. The fourth-order valence-electron chi connectivity index (χ4n) is 3.36. The third-order valence-electron chi connectivity index (χ3n) is 4.65. The Hall–Kier alpha value is -2.73. The highest BCUT2D eigenvalue weighted by Gasteiger charge is 2.16. The molecule has 6 nitrogen and oxygen atoms in total. The van der Waals surface area contributed by atoms with Crippen molar-refractivity contribution in [1.29, 1.82) is 0 Å². The number of nitrogens with zero attached hydrogens (tertiary/aromatic N) is 4. The number of nitrogens with one attached hydrogen (secondary N) is 1. The zero-order valence-electron chi connectivity index (χ0n) is 14.7. The molecule has 1 aromatic carbocycles. The minimum absolute atomic E-state index is 0.388. The Morgan fingerprint density at radius 2 is 2.04 bits per heavy atom. The molecule has 2 heterocycles. The molecule has 0 saturated heterocycles. The first-order valence-electron chi connectivity index (χ1n) is 9.14. The van der Waals surface area contributed by atoms with Crippen molar-refractivity contribution in [2.45, 2.75) is 44.9 Å². The van der Waals surface area contributed by atoms with Gasteiger partial charge in [0.05, 0.1) is 6.10 Å². The third kappa shape index (κ3) is 4.08. The Labute approximate surface area is 153 Å². The second kappa shape index (κ2) is 8.10. The van der Waals surface area contributed by atoms with E-state index in [1.54, 1.807) is 17.2 Å². The monoisotopic (exact) mass is 349 g/mol. The fraction of sp³-hybridized carbons (Fsp3) is 0.350. The fourth-order valence-corrected chi connectivity index (χ4v) is 3.36. The van der Waals surface area contributed by atoms with Crippen molar-refractivity contribution < 1.29 is 4.74 Å². The molecule has 0 bridgehead atoms. The van der Waals surface area contributed by atoms with E-state index in [0.717, 1.165) is 23.7 Å². The van der Waals surface area contributed by atoms with Crippen LogP contribution in [0.2, 0.25) is 0 Å². The zero-order valence-corrected chi connectivity index (χ0v) is 14.7. The SMILES string of the molecule is c1cc(CNCc2cccnc2-n2cncn2)cc(OC2CCCC2)c1. The number of hydrogen-bond acceptors (Lipinski definition) is 5. The maximum absolute atomic E-state index is 6.09. The average Bonchev–Trinajstić information content (AvgIpc) is 3.36. The highest BCUT2D eigenvalue weighted by molar-refractivity contribution is 5.32. The second-order valence-corrected chi connectivity index (χ2v) is 6.60. The largest absolute Gasteiger partial charge is 0.490 e. The highest BCUT2D eigenvalue weighted by atomic mass is 16.5. The number of benzene rings is 1. The van der Waals surface area contributed by atoms with Gasteiger partial charge in [0.2, 0.25) is 0 Å². The zero-order chi connectivity index (χ0) is 17.6. The van der Waals surface area contributed by atoms with Crippen LogP contribution in [0.4, 0.5) is 0 Å². The molecule has 0 radical (unpaired) electrons. The minimum Gasteiger partial charge on any atom is -0.490 e. The van der Waals surface area contributed by atoms with Crippen LogP contribution in [0.25, 0.3) is 5.82 Å². The van der Waals surface area contributed by atoms with E-state index in [-0.39, 0.29) is 0 Å². The van der Waals surface area contributed by atoms with Gasteiger partial charge < -0.3 is 10.1 Å². The summed E-state index contributed by atoms with van der Waals surface area (Å²) >= 11 is 0. The first kappa shape index (κ1) is 16.7. The van der Waals surface area contributed by atoms with Crippen LogP contribution in [0, 0.1) is 0 Å². The highest BCUT2D eigenvalue weighted by Crippen LogP contribution is 2.24. The number of ether oxygens (including phenoxy) is 1. The Morgan fingerprint density at radius 3 is 2.88 bits per heavy atom. The van der Waals surface area contributed by atoms with Crippen LogP contribution in [-0.2, 0) is 13.1 Å². The maximum Gasteiger partial charge on any atom is 0.159 e. The number of rotatable bonds is 7. The van der Waals surface area contributed by atoms with Crippen LogP contribution < -0.4 is 10.1 Å². The van der Waals surface area contributed by atoms with E-state index in [9.17, 15) is 0 Å². The maximum atomic E-state index is 6.09. The van der Waals surface area contributed by atoms with Crippen molar-refractivity contribution in [3.63, 3.8) is 0 Å². The summed E-state index contributed by atoms with van der Waals surface area (Å²) in [5, 5.41) is 7.66. The van der Waals surface area contributed by atoms with E-state index in [1.165, 1.54) is 37.6 Å². The van der Waals surface area contributed by atoms with Crippen LogP contribution in [0.15, 0.2) is 55.2 Å². The van der Waals surface area contributed by atoms with Crippen LogP contribution in [0.1, 0.15) is 36.8 Å². The molecule has 0 unspecified atom stereocenters. The third-order valence-corrected chi connectivity index (χ3v) is 4.65. The van der Waals surface area contributed by atoms with Gasteiger partial charge in [0.1, 0.15) is 18.4 Å². The van der Waals surface area contributed by atoms with E-state index in [2.05, 4.69) is 44.6 Å². The molecule has 0 aliphatic heterocycles. The molecule has 1 saturated carbocycles. The average molecular weight is 349 g/mol. The lowest BCUT2D eigenvalue weighted by molar-refractivity contribution is 0.210. The topological polar surface area (TPSA) is 64.9 Å². The number of aromatic nitrogens is 4. The normalized spacial score (nSPS) is 14.6. The smallest absolute Gasteiger partial charge is 0.159 e. The van der Waals surface area contributed by atoms with Crippen molar-refractivity contribution >= 4 is 0 Å². The summed E-state index contributed by atoms with van der Waals surface area (Å²) < 4.78 is 7.78. The van der Waals surface area contributed by atoms with Crippen molar-refractivity contribution in [2.24, 2.45) is 0 Å². The molecule has 2 aromatic heterocycles. The van der Waals surface area contributed by atoms with Gasteiger partial charge in [-0.15, -0.1) is 0 Å². The van der Waals surface area contributed by atoms with Crippen molar-refractivity contribution in [2.75, 3.05) is 0 Å². The summed E-state index contributed by atoms with van der Waals surface area (Å²) in [5.41, 5.74) is 2.29. The molecule has 0 atom stereocenters. The first-order chi connectivity index (χ1) is 12.9. The van der Waals surface area contributed by atoms with Crippen molar-refractivity contribution in [3.8, 4) is 11.6 Å². The van der Waals surface area contributed by atoms with Gasteiger partial charge in [-0.2, -0.15) is 5.10 Å². The van der Waals surface area contributed by atoms with Gasteiger partial charge in [-0.25, -0.2) is 14.6 Å². The van der Waals surface area contributed by atoms with Crippen molar-refractivity contribution in [1.82, 2.24) is 25.1 Å². The predicted molar refractivity (Wildman–Crippen MR) is 99.0 cm³/mol. The lowest BCUT2D eigenvalue weighted by atomic mass is 10.2. The molecular formula is C20H23N5O. The number of hydrogen-bond donors (Lipinski definition) is 1. The van der Waals surface area contributed by atoms with Gasteiger partial charge in [0.25, 0.3) is 0 Å². The molecule has 6 heteroatoms.